The van der Waals surface area contributed by atoms with Crippen molar-refractivity contribution in [2.45, 2.75) is 57.3 Å². The van der Waals surface area contributed by atoms with Gasteiger partial charge in [0.15, 0.2) is 0 Å². The number of likely N-dealkylation sites (tertiary alicyclic amines) is 1. The van der Waals surface area contributed by atoms with Crippen molar-refractivity contribution >= 4 is 29.2 Å². The van der Waals surface area contributed by atoms with Gasteiger partial charge in [-0.2, -0.15) is 0 Å². The van der Waals surface area contributed by atoms with Gasteiger partial charge in [0.1, 0.15) is 5.60 Å². The van der Waals surface area contributed by atoms with Crippen molar-refractivity contribution in [2.75, 3.05) is 19.7 Å². The average molecular weight is 386 g/mol. The minimum absolute atomic E-state index is 0.0370. The number of nitrogens with zero attached hydrogens (tertiary/aromatic N) is 1. The normalized spacial score (nSPS) is 25.7. The quantitative estimate of drug-likeness (QED) is 0.514. The SMILES string of the molecule is CC(C)OC(=O)CCCCN1CC2(c3ccc(Cl)c(Cl)c3)CC1CO2. The molecular formula is C19H25Cl2NO3. The van der Waals surface area contributed by atoms with Crippen LogP contribution >= 0.6 is 23.2 Å². The summed E-state index contributed by atoms with van der Waals surface area (Å²) in [6.45, 7) is 6.34. The summed E-state index contributed by atoms with van der Waals surface area (Å²) in [6.07, 6.45) is 3.28. The highest BCUT2D eigenvalue weighted by molar-refractivity contribution is 6.42. The molecule has 2 atom stereocenters. The lowest BCUT2D eigenvalue weighted by Gasteiger charge is -2.33. The Morgan fingerprint density at radius 3 is 2.88 bits per heavy atom. The van der Waals surface area contributed by atoms with Crippen LogP contribution in [0.25, 0.3) is 0 Å². The van der Waals surface area contributed by atoms with Gasteiger partial charge in [0.25, 0.3) is 0 Å². The first-order chi connectivity index (χ1) is 11.9. The molecule has 4 nitrogen and oxygen atoms in total. The fourth-order valence-electron chi connectivity index (χ4n) is 3.80. The van der Waals surface area contributed by atoms with E-state index in [1.54, 1.807) is 0 Å². The summed E-state index contributed by atoms with van der Waals surface area (Å²) >= 11 is 12.2. The first kappa shape index (κ1) is 19.0. The zero-order valence-electron chi connectivity index (χ0n) is 14.8. The van der Waals surface area contributed by atoms with Crippen LogP contribution < -0.4 is 0 Å². The Bertz CT molecular complexity index is 637. The maximum absolute atomic E-state index is 11.6. The van der Waals surface area contributed by atoms with Gasteiger partial charge in [-0.3, -0.25) is 9.69 Å². The summed E-state index contributed by atoms with van der Waals surface area (Å²) in [5, 5.41) is 1.14. The highest BCUT2D eigenvalue weighted by Gasteiger charge is 2.51. The summed E-state index contributed by atoms with van der Waals surface area (Å²) in [5.41, 5.74) is 0.836. The van der Waals surface area contributed by atoms with Crippen molar-refractivity contribution in [1.29, 1.82) is 0 Å². The number of hydrogen-bond donors (Lipinski definition) is 0. The van der Waals surface area contributed by atoms with Crippen LogP contribution in [0.2, 0.25) is 10.0 Å². The summed E-state index contributed by atoms with van der Waals surface area (Å²) in [4.78, 5) is 14.1. The number of esters is 1. The zero-order chi connectivity index (χ0) is 18.0. The largest absolute Gasteiger partial charge is 0.463 e. The van der Waals surface area contributed by atoms with Gasteiger partial charge < -0.3 is 9.47 Å². The lowest BCUT2D eigenvalue weighted by atomic mass is 9.93. The van der Waals surface area contributed by atoms with Crippen molar-refractivity contribution in [3.8, 4) is 0 Å². The molecule has 2 bridgehead atoms. The number of carbonyl (C=O) groups is 1. The van der Waals surface area contributed by atoms with Gasteiger partial charge in [-0.15, -0.1) is 0 Å². The van der Waals surface area contributed by atoms with Gasteiger partial charge in [-0.25, -0.2) is 0 Å². The Labute approximate surface area is 159 Å². The maximum atomic E-state index is 11.6. The van der Waals surface area contributed by atoms with E-state index in [0.717, 1.165) is 44.5 Å². The van der Waals surface area contributed by atoms with Crippen LogP contribution in [0, 0.1) is 0 Å². The van der Waals surface area contributed by atoms with E-state index in [1.165, 1.54) is 0 Å². The molecule has 1 aromatic carbocycles. The maximum Gasteiger partial charge on any atom is 0.306 e. The molecule has 2 aliphatic rings. The second-order valence-corrected chi connectivity index (χ2v) is 8.07. The van der Waals surface area contributed by atoms with E-state index < -0.39 is 0 Å². The van der Waals surface area contributed by atoms with Crippen molar-refractivity contribution in [1.82, 2.24) is 4.90 Å². The highest BCUT2D eigenvalue weighted by atomic mass is 35.5. The third kappa shape index (κ3) is 4.30. The van der Waals surface area contributed by atoms with E-state index in [1.807, 2.05) is 32.0 Å². The van der Waals surface area contributed by atoms with E-state index >= 15 is 0 Å². The Kier molecular flexibility index (Phi) is 5.94. The van der Waals surface area contributed by atoms with Crippen LogP contribution in [0.15, 0.2) is 18.2 Å². The summed E-state index contributed by atoms with van der Waals surface area (Å²) < 4.78 is 11.3. The van der Waals surface area contributed by atoms with Crippen LogP contribution in [-0.4, -0.2) is 42.7 Å². The second-order valence-electron chi connectivity index (χ2n) is 7.26. The molecule has 2 aliphatic heterocycles. The molecule has 0 spiro atoms. The summed E-state index contributed by atoms with van der Waals surface area (Å²) in [7, 11) is 0. The van der Waals surface area contributed by atoms with Crippen LogP contribution in [-0.2, 0) is 19.9 Å². The number of carbonyl (C=O) groups excluding carboxylic acids is 1. The third-order valence-corrected chi connectivity index (χ3v) is 5.72. The fourth-order valence-corrected chi connectivity index (χ4v) is 4.09. The predicted octanol–water partition coefficient (Wildman–Crippen LogP) is 4.42. The minimum Gasteiger partial charge on any atom is -0.463 e. The highest BCUT2D eigenvalue weighted by Crippen LogP contribution is 2.46. The van der Waals surface area contributed by atoms with E-state index in [4.69, 9.17) is 32.7 Å². The molecule has 1 aromatic rings. The van der Waals surface area contributed by atoms with Crippen molar-refractivity contribution < 1.29 is 14.3 Å². The van der Waals surface area contributed by atoms with Gasteiger partial charge in [-0.05, 0) is 57.4 Å². The monoisotopic (exact) mass is 385 g/mol. The van der Waals surface area contributed by atoms with E-state index in [0.29, 0.717) is 22.5 Å². The zero-order valence-corrected chi connectivity index (χ0v) is 16.3. The smallest absolute Gasteiger partial charge is 0.306 e. The number of ether oxygens (including phenoxy) is 2. The van der Waals surface area contributed by atoms with Gasteiger partial charge in [0.05, 0.1) is 22.8 Å². The minimum atomic E-state index is -0.268. The summed E-state index contributed by atoms with van der Waals surface area (Å²) in [6, 6.07) is 6.23. The van der Waals surface area contributed by atoms with Gasteiger partial charge in [0, 0.05) is 19.0 Å². The Balaban J connectivity index is 1.51. The fraction of sp³-hybridized carbons (Fsp3) is 0.632. The first-order valence-electron chi connectivity index (χ1n) is 8.93. The molecule has 2 saturated heterocycles. The summed E-state index contributed by atoms with van der Waals surface area (Å²) in [5.74, 6) is -0.103. The van der Waals surface area contributed by atoms with Crippen molar-refractivity contribution in [3.63, 3.8) is 0 Å². The molecule has 0 aromatic heterocycles. The Morgan fingerprint density at radius 2 is 2.16 bits per heavy atom. The van der Waals surface area contributed by atoms with Crippen molar-refractivity contribution in [2.24, 2.45) is 0 Å². The van der Waals surface area contributed by atoms with E-state index in [2.05, 4.69) is 4.90 Å². The molecule has 0 N–H and O–H groups in total. The molecule has 0 aliphatic carbocycles. The second kappa shape index (κ2) is 7.83. The number of fused-ring (bicyclic) bond motifs is 2. The number of hydrogen-bond acceptors (Lipinski definition) is 4. The van der Waals surface area contributed by atoms with Crippen LogP contribution in [0.4, 0.5) is 0 Å². The van der Waals surface area contributed by atoms with Gasteiger partial charge in [-0.1, -0.05) is 29.3 Å². The molecule has 3 rings (SSSR count). The molecule has 0 saturated carbocycles. The first-order valence-corrected chi connectivity index (χ1v) is 9.68. The van der Waals surface area contributed by atoms with Gasteiger partial charge >= 0.3 is 5.97 Å². The third-order valence-electron chi connectivity index (χ3n) is 4.98. The number of halogens is 2. The molecule has 25 heavy (non-hydrogen) atoms. The van der Waals surface area contributed by atoms with E-state index in [9.17, 15) is 4.79 Å². The molecule has 0 amide bonds. The lowest BCUT2D eigenvalue weighted by molar-refractivity contribution is -0.147. The molecule has 138 valence electrons. The average Bonchev–Trinajstić information content (AvgIpc) is 3.13. The molecule has 6 heteroatoms. The topological polar surface area (TPSA) is 38.8 Å². The molecule has 2 fully saturated rings. The lowest BCUT2D eigenvalue weighted by Crippen LogP contribution is -2.41. The van der Waals surface area contributed by atoms with Gasteiger partial charge in [0.2, 0.25) is 0 Å². The molecule has 2 heterocycles. The number of unbranched alkanes of at least 4 members (excludes halogenated alkanes) is 1. The molecule has 0 radical (unpaired) electrons. The van der Waals surface area contributed by atoms with Crippen molar-refractivity contribution in [3.05, 3.63) is 33.8 Å². The standard InChI is InChI=1S/C19H25Cl2NO3/c1-13(2)25-18(23)5-3-4-8-22-12-19(10-15(22)11-24-19)14-6-7-16(20)17(21)9-14/h6-7,9,13,15H,3-5,8,10-12H2,1-2H3. The Hall–Kier alpha value is -0.810. The molecular weight excluding hydrogens is 361 g/mol. The predicted molar refractivity (Wildman–Crippen MR) is 99.1 cm³/mol. The Morgan fingerprint density at radius 1 is 1.36 bits per heavy atom. The number of morpholine rings is 1. The number of rotatable bonds is 7. The van der Waals surface area contributed by atoms with Crippen LogP contribution in [0.5, 0.6) is 0 Å². The van der Waals surface area contributed by atoms with Crippen LogP contribution in [0.1, 0.15) is 45.1 Å². The molecule has 2 unspecified atom stereocenters. The van der Waals surface area contributed by atoms with E-state index in [-0.39, 0.29) is 17.7 Å². The van der Waals surface area contributed by atoms with Crippen LogP contribution in [0.3, 0.4) is 0 Å². The number of benzene rings is 1.